The van der Waals surface area contributed by atoms with E-state index in [0.717, 1.165) is 16.3 Å². The first kappa shape index (κ1) is 18.6. The van der Waals surface area contributed by atoms with Gasteiger partial charge < -0.3 is 16.0 Å². The van der Waals surface area contributed by atoms with Gasteiger partial charge in [0.05, 0.1) is 29.2 Å². The Morgan fingerprint density at radius 3 is 2.61 bits per heavy atom. The lowest BCUT2D eigenvalue weighted by Crippen LogP contribution is -2.02. The van der Waals surface area contributed by atoms with E-state index in [-0.39, 0.29) is 11.8 Å². The van der Waals surface area contributed by atoms with E-state index >= 15 is 0 Å². The molecule has 7 heteroatoms. The van der Waals surface area contributed by atoms with Gasteiger partial charge in [-0.2, -0.15) is 10.2 Å². The van der Waals surface area contributed by atoms with E-state index in [1.807, 2.05) is 47.2 Å². The second-order valence-corrected chi connectivity index (χ2v) is 7.27. The summed E-state index contributed by atoms with van der Waals surface area (Å²) in [5, 5.41) is 10.9. The minimum absolute atomic E-state index is 0.115. The molecule has 0 amide bonds. The number of aromatic nitrogens is 3. The fourth-order valence-electron chi connectivity index (χ4n) is 3.90. The number of hydrogen-bond donors (Lipinski definition) is 2. The second kappa shape index (κ2) is 7.11. The topological polar surface area (TPSA) is 107 Å². The van der Waals surface area contributed by atoms with Crippen molar-refractivity contribution in [3.63, 3.8) is 0 Å². The van der Waals surface area contributed by atoms with Crippen molar-refractivity contribution >= 4 is 33.6 Å². The van der Waals surface area contributed by atoms with Crippen molar-refractivity contribution in [3.05, 3.63) is 83.8 Å². The Bertz CT molecular complexity index is 1510. The molecule has 0 saturated carbocycles. The van der Waals surface area contributed by atoms with Crippen LogP contribution in [0.2, 0.25) is 0 Å². The zero-order valence-corrected chi connectivity index (χ0v) is 16.4. The Morgan fingerprint density at radius 1 is 0.968 bits per heavy atom. The first-order valence-corrected chi connectivity index (χ1v) is 9.63. The molecule has 4 N–H and O–H groups in total. The highest BCUT2D eigenvalue weighted by Crippen LogP contribution is 2.30. The number of fused-ring (bicyclic) bond motifs is 3. The lowest BCUT2D eigenvalue weighted by molar-refractivity contribution is 0.602. The molecule has 0 saturated heterocycles. The lowest BCUT2D eigenvalue weighted by Gasteiger charge is -2.10. The normalized spacial score (nSPS) is 11.1. The summed E-state index contributed by atoms with van der Waals surface area (Å²) < 4.78 is 16.9. The fourth-order valence-corrected chi connectivity index (χ4v) is 3.90. The molecular formula is C24H17FN6. The molecule has 150 valence electrons. The molecule has 5 aromatic rings. The standard InChI is InChI=1S/C24H17FN6/c25-20-11-14(17-4-2-1-3-15(17)12-26)5-6-16(20)13-31-10-9-18-21(31)8-7-19-22(18)29-24(28)30-23(19)27/h1-11H,13H2,(H4,27,28,29,30). The van der Waals surface area contributed by atoms with Crippen molar-refractivity contribution in [2.45, 2.75) is 6.54 Å². The predicted octanol–water partition coefficient (Wildman–Crippen LogP) is 4.47. The molecule has 0 bridgehead atoms. The quantitative estimate of drug-likeness (QED) is 0.458. The largest absolute Gasteiger partial charge is 0.383 e. The number of anilines is 2. The van der Waals surface area contributed by atoms with Gasteiger partial charge in [0.2, 0.25) is 5.95 Å². The van der Waals surface area contributed by atoms with E-state index in [1.54, 1.807) is 18.2 Å². The molecule has 0 aliphatic heterocycles. The lowest BCUT2D eigenvalue weighted by atomic mass is 9.99. The van der Waals surface area contributed by atoms with Gasteiger partial charge in [-0.05, 0) is 41.5 Å². The minimum atomic E-state index is -0.330. The first-order chi connectivity index (χ1) is 15.0. The Labute approximate surface area is 177 Å². The predicted molar refractivity (Wildman–Crippen MR) is 120 cm³/mol. The van der Waals surface area contributed by atoms with Crippen molar-refractivity contribution in [1.82, 2.24) is 14.5 Å². The summed E-state index contributed by atoms with van der Waals surface area (Å²) in [6.07, 6.45) is 1.89. The molecule has 5 rings (SSSR count). The van der Waals surface area contributed by atoms with Crippen LogP contribution in [0.4, 0.5) is 16.2 Å². The van der Waals surface area contributed by atoms with Crippen LogP contribution in [0.5, 0.6) is 0 Å². The third-order valence-electron chi connectivity index (χ3n) is 5.41. The summed E-state index contributed by atoms with van der Waals surface area (Å²) in [7, 11) is 0. The van der Waals surface area contributed by atoms with Crippen LogP contribution in [0.3, 0.4) is 0 Å². The molecule has 0 atom stereocenters. The SMILES string of the molecule is N#Cc1ccccc1-c1ccc(Cn2ccc3c4nc(N)nc(N)c4ccc32)c(F)c1. The molecule has 2 aromatic heterocycles. The van der Waals surface area contributed by atoms with E-state index < -0.39 is 0 Å². The Morgan fingerprint density at radius 2 is 1.81 bits per heavy atom. The molecule has 0 unspecified atom stereocenters. The number of nitriles is 1. The van der Waals surface area contributed by atoms with Gasteiger partial charge >= 0.3 is 0 Å². The highest BCUT2D eigenvalue weighted by Gasteiger charge is 2.13. The summed E-state index contributed by atoms with van der Waals surface area (Å²) in [5.74, 6) is 0.115. The van der Waals surface area contributed by atoms with Gasteiger partial charge in [-0.1, -0.05) is 30.3 Å². The zero-order valence-electron chi connectivity index (χ0n) is 16.4. The van der Waals surface area contributed by atoms with Crippen LogP contribution in [-0.4, -0.2) is 14.5 Å². The van der Waals surface area contributed by atoms with Crippen molar-refractivity contribution < 1.29 is 4.39 Å². The summed E-state index contributed by atoms with van der Waals surface area (Å²) in [6, 6.07) is 20.1. The minimum Gasteiger partial charge on any atom is -0.383 e. The van der Waals surface area contributed by atoms with E-state index in [4.69, 9.17) is 11.5 Å². The average Bonchev–Trinajstić information content (AvgIpc) is 3.18. The maximum absolute atomic E-state index is 15.0. The maximum atomic E-state index is 15.0. The molecule has 31 heavy (non-hydrogen) atoms. The van der Waals surface area contributed by atoms with Crippen LogP contribution < -0.4 is 11.5 Å². The van der Waals surface area contributed by atoms with Crippen LogP contribution in [0.15, 0.2) is 66.9 Å². The van der Waals surface area contributed by atoms with E-state index in [2.05, 4.69) is 16.0 Å². The summed E-state index contributed by atoms with van der Waals surface area (Å²) in [4.78, 5) is 8.35. The monoisotopic (exact) mass is 408 g/mol. The van der Waals surface area contributed by atoms with Crippen molar-refractivity contribution in [2.24, 2.45) is 0 Å². The van der Waals surface area contributed by atoms with Crippen LogP contribution >= 0.6 is 0 Å². The molecule has 6 nitrogen and oxygen atoms in total. The van der Waals surface area contributed by atoms with Crippen molar-refractivity contribution in [2.75, 3.05) is 11.5 Å². The molecule has 0 radical (unpaired) electrons. The number of benzene rings is 3. The summed E-state index contributed by atoms with van der Waals surface area (Å²) in [6.45, 7) is 0.344. The van der Waals surface area contributed by atoms with Crippen molar-refractivity contribution in [1.29, 1.82) is 5.26 Å². The molecule has 0 fully saturated rings. The second-order valence-electron chi connectivity index (χ2n) is 7.27. The van der Waals surface area contributed by atoms with Gasteiger partial charge in [-0.15, -0.1) is 0 Å². The van der Waals surface area contributed by atoms with Gasteiger partial charge in [0, 0.05) is 22.5 Å². The molecule has 0 aliphatic rings. The van der Waals surface area contributed by atoms with E-state index in [9.17, 15) is 9.65 Å². The summed E-state index contributed by atoms with van der Waals surface area (Å²) >= 11 is 0. The maximum Gasteiger partial charge on any atom is 0.222 e. The first-order valence-electron chi connectivity index (χ1n) is 9.63. The Kier molecular flexibility index (Phi) is 4.26. The molecule has 3 aromatic carbocycles. The number of nitrogens with two attached hydrogens (primary N) is 2. The van der Waals surface area contributed by atoms with Crippen molar-refractivity contribution in [3.8, 4) is 17.2 Å². The molecule has 0 spiro atoms. The van der Waals surface area contributed by atoms with Gasteiger partial charge in [0.1, 0.15) is 11.6 Å². The smallest absolute Gasteiger partial charge is 0.222 e. The Hall–Kier alpha value is -4.44. The number of hydrogen-bond acceptors (Lipinski definition) is 5. The van der Waals surface area contributed by atoms with Crippen LogP contribution in [0.25, 0.3) is 32.9 Å². The van der Waals surface area contributed by atoms with Gasteiger partial charge in [-0.25, -0.2) is 9.37 Å². The van der Waals surface area contributed by atoms with E-state index in [0.29, 0.717) is 40.1 Å². The molecular weight excluding hydrogens is 391 g/mol. The number of halogens is 1. The highest BCUT2D eigenvalue weighted by atomic mass is 19.1. The molecule has 2 heterocycles. The van der Waals surface area contributed by atoms with E-state index in [1.165, 1.54) is 6.07 Å². The van der Waals surface area contributed by atoms with Gasteiger partial charge in [0.25, 0.3) is 0 Å². The third kappa shape index (κ3) is 3.11. The number of nitrogens with zero attached hydrogens (tertiary/aromatic N) is 4. The zero-order chi connectivity index (χ0) is 21.5. The number of nitrogen functional groups attached to an aromatic ring is 2. The number of rotatable bonds is 3. The van der Waals surface area contributed by atoms with Gasteiger partial charge in [0.15, 0.2) is 0 Å². The van der Waals surface area contributed by atoms with Crippen LogP contribution in [0.1, 0.15) is 11.1 Å². The Balaban J connectivity index is 1.54. The van der Waals surface area contributed by atoms with Crippen LogP contribution in [0, 0.1) is 17.1 Å². The average molecular weight is 408 g/mol. The molecule has 0 aliphatic carbocycles. The third-order valence-corrected chi connectivity index (χ3v) is 5.41. The highest BCUT2D eigenvalue weighted by molar-refractivity contribution is 6.07. The van der Waals surface area contributed by atoms with Gasteiger partial charge in [-0.3, -0.25) is 0 Å². The summed E-state index contributed by atoms with van der Waals surface area (Å²) in [5.41, 5.74) is 15.7. The van der Waals surface area contributed by atoms with Crippen LogP contribution in [-0.2, 0) is 6.54 Å². The fraction of sp³-hybridized carbons (Fsp3) is 0.0417.